The van der Waals surface area contributed by atoms with Crippen molar-refractivity contribution >= 4 is 11.9 Å². The van der Waals surface area contributed by atoms with Gasteiger partial charge < -0.3 is 9.84 Å². The lowest BCUT2D eigenvalue weighted by molar-refractivity contribution is -0.148. The number of esters is 1. The van der Waals surface area contributed by atoms with Crippen LogP contribution >= 0.6 is 0 Å². The van der Waals surface area contributed by atoms with Crippen LogP contribution in [0, 0.1) is 5.41 Å². The maximum absolute atomic E-state index is 10.7. The van der Waals surface area contributed by atoms with Crippen LogP contribution in [0.1, 0.15) is 27.2 Å². The Hall–Kier alpha value is -1.32. The van der Waals surface area contributed by atoms with Crippen molar-refractivity contribution in [2.24, 2.45) is 5.41 Å². The van der Waals surface area contributed by atoms with Crippen LogP contribution in [-0.4, -0.2) is 17.0 Å². The second-order valence-electron chi connectivity index (χ2n) is 3.50. The molecule has 0 aromatic carbocycles. The van der Waals surface area contributed by atoms with E-state index in [0.29, 0.717) is 0 Å². The zero-order chi connectivity index (χ0) is 10.6. The first-order chi connectivity index (χ1) is 5.75. The van der Waals surface area contributed by atoms with Crippen LogP contribution in [0.5, 0.6) is 0 Å². The second kappa shape index (κ2) is 4.07. The normalized spacial score (nSPS) is 10.7. The molecule has 0 saturated carbocycles. The number of allylic oxidation sites excluding steroid dienone is 1. The van der Waals surface area contributed by atoms with Gasteiger partial charge in [-0.3, -0.25) is 9.59 Å². The van der Waals surface area contributed by atoms with Crippen molar-refractivity contribution in [3.05, 3.63) is 12.3 Å². The van der Waals surface area contributed by atoms with Crippen LogP contribution in [0.25, 0.3) is 0 Å². The number of hydrogen-bond donors (Lipinski definition) is 1. The number of carboxylic acid groups (broad SMARTS) is 1. The minimum atomic E-state index is -0.952. The third-order valence-corrected chi connectivity index (χ3v) is 1.51. The Labute approximate surface area is 77.2 Å². The van der Waals surface area contributed by atoms with Crippen molar-refractivity contribution in [3.63, 3.8) is 0 Å². The standard InChI is InChI=1S/C9H14O4/c1-6(13-7(2)10)5-9(3,4)8(11)12/h1,5H2,2-4H3,(H,11,12). The molecule has 0 aromatic rings. The molecule has 4 nitrogen and oxygen atoms in total. The largest absolute Gasteiger partial charge is 0.481 e. The lowest BCUT2D eigenvalue weighted by Crippen LogP contribution is -2.24. The van der Waals surface area contributed by atoms with E-state index in [-0.39, 0.29) is 12.2 Å². The highest BCUT2D eigenvalue weighted by Gasteiger charge is 2.28. The average Bonchev–Trinajstić information content (AvgIpc) is 1.82. The highest BCUT2D eigenvalue weighted by atomic mass is 16.5. The summed E-state index contributed by atoms with van der Waals surface area (Å²) >= 11 is 0. The van der Waals surface area contributed by atoms with Gasteiger partial charge in [-0.15, -0.1) is 0 Å². The molecule has 13 heavy (non-hydrogen) atoms. The minimum Gasteiger partial charge on any atom is -0.481 e. The van der Waals surface area contributed by atoms with Crippen molar-refractivity contribution in [1.29, 1.82) is 0 Å². The minimum absolute atomic E-state index is 0.127. The van der Waals surface area contributed by atoms with Gasteiger partial charge in [-0.05, 0) is 13.8 Å². The van der Waals surface area contributed by atoms with Gasteiger partial charge in [-0.1, -0.05) is 6.58 Å². The molecule has 0 radical (unpaired) electrons. The Balaban J connectivity index is 4.20. The molecular weight excluding hydrogens is 172 g/mol. The van der Waals surface area contributed by atoms with Crippen LogP contribution in [0.3, 0.4) is 0 Å². The summed E-state index contributed by atoms with van der Waals surface area (Å²) in [5.41, 5.74) is -0.952. The molecule has 0 aliphatic rings. The molecule has 0 aliphatic carbocycles. The summed E-state index contributed by atoms with van der Waals surface area (Å²) in [5, 5.41) is 8.74. The molecule has 0 amide bonds. The quantitative estimate of drug-likeness (QED) is 0.534. The summed E-state index contributed by atoms with van der Waals surface area (Å²) in [6, 6.07) is 0. The van der Waals surface area contributed by atoms with E-state index in [0.717, 1.165) is 0 Å². The zero-order valence-electron chi connectivity index (χ0n) is 8.09. The fourth-order valence-electron chi connectivity index (χ4n) is 0.808. The molecule has 0 fully saturated rings. The van der Waals surface area contributed by atoms with Crippen LogP contribution in [0.4, 0.5) is 0 Å². The molecule has 0 spiro atoms. The van der Waals surface area contributed by atoms with Gasteiger partial charge >= 0.3 is 11.9 Å². The SMILES string of the molecule is C=C(CC(C)(C)C(=O)O)OC(C)=O. The molecule has 0 heterocycles. The highest BCUT2D eigenvalue weighted by molar-refractivity contribution is 5.74. The Kier molecular flexibility index (Phi) is 3.66. The van der Waals surface area contributed by atoms with E-state index in [4.69, 9.17) is 5.11 Å². The third-order valence-electron chi connectivity index (χ3n) is 1.51. The Morgan fingerprint density at radius 1 is 1.46 bits per heavy atom. The van der Waals surface area contributed by atoms with E-state index in [1.807, 2.05) is 0 Å². The summed E-state index contributed by atoms with van der Waals surface area (Å²) in [4.78, 5) is 21.1. The number of carbonyl (C=O) groups is 2. The number of rotatable bonds is 4. The monoisotopic (exact) mass is 186 g/mol. The molecule has 0 atom stereocenters. The predicted octanol–water partition coefficient (Wildman–Crippen LogP) is 1.56. The maximum Gasteiger partial charge on any atom is 0.309 e. The highest BCUT2D eigenvalue weighted by Crippen LogP contribution is 2.24. The van der Waals surface area contributed by atoms with Crippen LogP contribution < -0.4 is 0 Å². The maximum atomic E-state index is 10.7. The lowest BCUT2D eigenvalue weighted by atomic mass is 9.89. The summed E-state index contributed by atoms with van der Waals surface area (Å²) in [6.07, 6.45) is 0.127. The number of ether oxygens (including phenoxy) is 1. The average molecular weight is 186 g/mol. The summed E-state index contributed by atoms with van der Waals surface area (Å²) in [7, 11) is 0. The molecule has 4 heteroatoms. The Morgan fingerprint density at radius 3 is 2.23 bits per heavy atom. The first-order valence-electron chi connectivity index (χ1n) is 3.85. The van der Waals surface area contributed by atoms with Gasteiger partial charge in [0.1, 0.15) is 5.76 Å². The predicted molar refractivity (Wildman–Crippen MR) is 46.9 cm³/mol. The molecule has 0 rings (SSSR count). The smallest absolute Gasteiger partial charge is 0.309 e. The lowest BCUT2D eigenvalue weighted by Gasteiger charge is -2.19. The van der Waals surface area contributed by atoms with E-state index >= 15 is 0 Å². The van der Waals surface area contributed by atoms with Gasteiger partial charge in [-0.2, -0.15) is 0 Å². The molecule has 0 aliphatic heterocycles. The molecule has 0 saturated heterocycles. The first kappa shape index (κ1) is 11.7. The van der Waals surface area contributed by atoms with Crippen LogP contribution in [0.15, 0.2) is 12.3 Å². The number of carboxylic acids is 1. The summed E-state index contributed by atoms with van der Waals surface area (Å²) in [6.45, 7) is 7.80. The molecule has 0 aromatic heterocycles. The Bertz CT molecular complexity index is 240. The first-order valence-corrected chi connectivity index (χ1v) is 3.85. The fraction of sp³-hybridized carbons (Fsp3) is 0.556. The van der Waals surface area contributed by atoms with E-state index in [1.54, 1.807) is 13.8 Å². The third kappa shape index (κ3) is 4.30. The molecule has 0 unspecified atom stereocenters. The number of aliphatic carboxylic acids is 1. The summed E-state index contributed by atoms with van der Waals surface area (Å²) in [5.74, 6) is -1.24. The van der Waals surface area contributed by atoms with Crippen molar-refractivity contribution in [2.45, 2.75) is 27.2 Å². The van der Waals surface area contributed by atoms with E-state index in [1.165, 1.54) is 6.92 Å². The second-order valence-corrected chi connectivity index (χ2v) is 3.50. The van der Waals surface area contributed by atoms with Crippen LogP contribution in [0.2, 0.25) is 0 Å². The van der Waals surface area contributed by atoms with Crippen LogP contribution in [-0.2, 0) is 14.3 Å². The van der Waals surface area contributed by atoms with Crippen molar-refractivity contribution in [1.82, 2.24) is 0 Å². The Morgan fingerprint density at radius 2 is 1.92 bits per heavy atom. The van der Waals surface area contributed by atoms with Crippen molar-refractivity contribution in [3.8, 4) is 0 Å². The summed E-state index contributed by atoms with van der Waals surface area (Å²) < 4.78 is 4.64. The van der Waals surface area contributed by atoms with E-state index in [9.17, 15) is 9.59 Å². The topological polar surface area (TPSA) is 63.6 Å². The van der Waals surface area contributed by atoms with Gasteiger partial charge in [-0.25, -0.2) is 0 Å². The van der Waals surface area contributed by atoms with Gasteiger partial charge in [0.05, 0.1) is 5.41 Å². The van der Waals surface area contributed by atoms with Crippen molar-refractivity contribution in [2.75, 3.05) is 0 Å². The van der Waals surface area contributed by atoms with Gasteiger partial charge in [0, 0.05) is 13.3 Å². The molecular formula is C9H14O4. The van der Waals surface area contributed by atoms with E-state index < -0.39 is 17.4 Å². The zero-order valence-corrected chi connectivity index (χ0v) is 8.09. The van der Waals surface area contributed by atoms with Gasteiger partial charge in [0.25, 0.3) is 0 Å². The van der Waals surface area contributed by atoms with Gasteiger partial charge in [0.15, 0.2) is 0 Å². The number of hydrogen-bond acceptors (Lipinski definition) is 3. The van der Waals surface area contributed by atoms with Crippen molar-refractivity contribution < 1.29 is 19.4 Å². The van der Waals surface area contributed by atoms with E-state index in [2.05, 4.69) is 11.3 Å². The number of carbonyl (C=O) groups excluding carboxylic acids is 1. The van der Waals surface area contributed by atoms with Gasteiger partial charge in [0.2, 0.25) is 0 Å². The fourth-order valence-corrected chi connectivity index (χ4v) is 0.808. The molecule has 74 valence electrons. The molecule has 1 N–H and O–H groups in total. The molecule has 0 bridgehead atoms.